The maximum atomic E-state index is 13.0. The number of rotatable bonds is 6. The van der Waals surface area contributed by atoms with Crippen molar-refractivity contribution < 1.29 is 9.53 Å². The van der Waals surface area contributed by atoms with Crippen LogP contribution in [0.1, 0.15) is 10.4 Å². The zero-order chi connectivity index (χ0) is 22.8. The van der Waals surface area contributed by atoms with Crippen molar-refractivity contribution in [2.24, 2.45) is 0 Å². The molecule has 1 aliphatic rings. The lowest BCUT2D eigenvalue weighted by Crippen LogP contribution is -2.36. The number of thioether (sulfide) groups is 1. The third-order valence-electron chi connectivity index (χ3n) is 5.54. The third kappa shape index (κ3) is 4.51. The van der Waals surface area contributed by atoms with Crippen molar-refractivity contribution in [3.05, 3.63) is 75.4 Å². The van der Waals surface area contributed by atoms with Gasteiger partial charge < -0.3 is 9.64 Å². The van der Waals surface area contributed by atoms with E-state index in [1.165, 1.54) is 22.2 Å². The van der Waals surface area contributed by atoms with Crippen LogP contribution in [0.5, 0.6) is 5.75 Å². The molecule has 1 aliphatic heterocycles. The van der Waals surface area contributed by atoms with Gasteiger partial charge in [-0.25, -0.2) is 0 Å². The molecule has 0 radical (unpaired) electrons. The van der Waals surface area contributed by atoms with Crippen LogP contribution < -0.4 is 4.74 Å². The smallest absolute Gasteiger partial charge is 0.233 e. The van der Waals surface area contributed by atoms with Crippen LogP contribution in [0.25, 0.3) is 17.1 Å². The lowest BCUT2D eigenvalue weighted by atomic mass is 10.1. The van der Waals surface area contributed by atoms with Gasteiger partial charge in [0.15, 0.2) is 11.0 Å². The molecule has 168 valence electrons. The van der Waals surface area contributed by atoms with Crippen LogP contribution in [-0.4, -0.2) is 45.0 Å². The van der Waals surface area contributed by atoms with Crippen LogP contribution in [-0.2, 0) is 17.8 Å². The second-order valence-corrected chi connectivity index (χ2v) is 9.90. The Kier molecular flexibility index (Phi) is 6.39. The molecule has 0 aliphatic carbocycles. The molecule has 0 atom stereocenters. The molecule has 1 amide bonds. The molecule has 0 bridgehead atoms. The Morgan fingerprint density at radius 1 is 1.18 bits per heavy atom. The standard InChI is InChI=1S/C24H21ClN4O2S2/c1-31-20-8-7-18(13-19(20)25)29-23(16-5-3-2-4-6-16)26-27-24(29)33-15-22(30)28-11-9-21-17(14-28)10-12-32-21/h2-8,10,12-13H,9,11,14-15H2,1H3. The Morgan fingerprint density at radius 3 is 2.82 bits per heavy atom. The highest BCUT2D eigenvalue weighted by molar-refractivity contribution is 7.99. The summed E-state index contributed by atoms with van der Waals surface area (Å²) in [7, 11) is 1.58. The van der Waals surface area contributed by atoms with Gasteiger partial charge in [0.05, 0.1) is 23.6 Å². The molecule has 4 aromatic rings. The Bertz CT molecular complexity index is 1290. The van der Waals surface area contributed by atoms with E-state index in [1.807, 2.05) is 58.0 Å². The van der Waals surface area contributed by atoms with E-state index in [9.17, 15) is 4.79 Å². The van der Waals surface area contributed by atoms with Gasteiger partial charge in [-0.05, 0) is 41.6 Å². The second kappa shape index (κ2) is 9.59. The largest absolute Gasteiger partial charge is 0.495 e. The van der Waals surface area contributed by atoms with Crippen LogP contribution in [0.2, 0.25) is 5.02 Å². The van der Waals surface area contributed by atoms with E-state index in [1.54, 1.807) is 18.4 Å². The van der Waals surface area contributed by atoms with Gasteiger partial charge in [0.2, 0.25) is 5.91 Å². The average molecular weight is 497 g/mol. The van der Waals surface area contributed by atoms with Gasteiger partial charge in [-0.1, -0.05) is 53.7 Å². The zero-order valence-electron chi connectivity index (χ0n) is 17.9. The van der Waals surface area contributed by atoms with Crippen LogP contribution in [0, 0.1) is 0 Å². The molecule has 9 heteroatoms. The van der Waals surface area contributed by atoms with Gasteiger partial charge in [0.25, 0.3) is 0 Å². The van der Waals surface area contributed by atoms with Crippen LogP contribution >= 0.6 is 34.7 Å². The van der Waals surface area contributed by atoms with Crippen molar-refractivity contribution in [3.8, 4) is 22.8 Å². The molecule has 33 heavy (non-hydrogen) atoms. The predicted molar refractivity (Wildman–Crippen MR) is 133 cm³/mol. The van der Waals surface area contributed by atoms with E-state index in [0.29, 0.717) is 28.3 Å². The van der Waals surface area contributed by atoms with Gasteiger partial charge in [0.1, 0.15) is 5.75 Å². The van der Waals surface area contributed by atoms with Gasteiger partial charge in [0, 0.05) is 23.5 Å². The summed E-state index contributed by atoms with van der Waals surface area (Å²) in [5.41, 5.74) is 2.99. The number of hydrogen-bond acceptors (Lipinski definition) is 6. The summed E-state index contributed by atoms with van der Waals surface area (Å²) in [6.45, 7) is 1.43. The number of hydrogen-bond donors (Lipinski definition) is 0. The molecular formula is C24H21ClN4O2S2. The number of aromatic nitrogens is 3. The number of carbonyl (C=O) groups is 1. The number of ether oxygens (including phenoxy) is 1. The average Bonchev–Trinajstić information content (AvgIpc) is 3.49. The maximum Gasteiger partial charge on any atom is 0.233 e. The molecule has 0 saturated carbocycles. The number of carbonyl (C=O) groups excluding carboxylic acids is 1. The van der Waals surface area contributed by atoms with Crippen molar-refractivity contribution in [2.45, 2.75) is 18.1 Å². The van der Waals surface area contributed by atoms with E-state index < -0.39 is 0 Å². The predicted octanol–water partition coefficient (Wildman–Crippen LogP) is 5.33. The molecular weight excluding hydrogens is 476 g/mol. The minimum atomic E-state index is 0.0976. The summed E-state index contributed by atoms with van der Waals surface area (Å²) in [6.07, 6.45) is 0.919. The first kappa shape index (κ1) is 22.0. The summed E-state index contributed by atoms with van der Waals surface area (Å²) < 4.78 is 7.24. The first-order valence-corrected chi connectivity index (χ1v) is 12.7. The highest BCUT2D eigenvalue weighted by Crippen LogP contribution is 2.33. The monoisotopic (exact) mass is 496 g/mol. The molecule has 6 nitrogen and oxygen atoms in total. The van der Waals surface area contributed by atoms with Crippen molar-refractivity contribution in [3.63, 3.8) is 0 Å². The highest BCUT2D eigenvalue weighted by atomic mass is 35.5. The molecule has 5 rings (SSSR count). The summed E-state index contributed by atoms with van der Waals surface area (Å²) in [5.74, 6) is 1.67. The van der Waals surface area contributed by atoms with E-state index in [0.717, 1.165) is 24.2 Å². The normalized spacial score (nSPS) is 13.1. The molecule has 0 unspecified atom stereocenters. The minimum absolute atomic E-state index is 0.0976. The van der Waals surface area contributed by atoms with Crippen molar-refractivity contribution in [1.29, 1.82) is 0 Å². The highest BCUT2D eigenvalue weighted by Gasteiger charge is 2.23. The number of thiophene rings is 1. The minimum Gasteiger partial charge on any atom is -0.495 e. The Balaban J connectivity index is 1.42. The number of halogens is 1. The molecule has 0 spiro atoms. The molecule has 2 aromatic carbocycles. The lowest BCUT2D eigenvalue weighted by molar-refractivity contribution is -0.129. The molecule has 0 N–H and O–H groups in total. The lowest BCUT2D eigenvalue weighted by Gasteiger charge is -2.26. The Hall–Kier alpha value is -2.81. The van der Waals surface area contributed by atoms with Crippen molar-refractivity contribution in [2.75, 3.05) is 19.4 Å². The van der Waals surface area contributed by atoms with Crippen molar-refractivity contribution >= 4 is 40.6 Å². The van der Waals surface area contributed by atoms with Crippen LogP contribution in [0.15, 0.2) is 65.1 Å². The first-order chi connectivity index (χ1) is 16.1. The number of amides is 1. The van der Waals surface area contributed by atoms with E-state index in [2.05, 4.69) is 21.6 Å². The van der Waals surface area contributed by atoms with E-state index >= 15 is 0 Å². The fraction of sp³-hybridized carbons (Fsp3) is 0.208. The zero-order valence-corrected chi connectivity index (χ0v) is 20.3. The fourth-order valence-electron chi connectivity index (χ4n) is 3.84. The summed E-state index contributed by atoms with van der Waals surface area (Å²) in [5, 5.41) is 12.1. The van der Waals surface area contributed by atoms with E-state index in [-0.39, 0.29) is 11.7 Å². The van der Waals surface area contributed by atoms with E-state index in [4.69, 9.17) is 16.3 Å². The van der Waals surface area contributed by atoms with Crippen LogP contribution in [0.4, 0.5) is 0 Å². The first-order valence-electron chi connectivity index (χ1n) is 10.4. The van der Waals surface area contributed by atoms with Gasteiger partial charge in [-0.15, -0.1) is 21.5 Å². The molecule has 2 aromatic heterocycles. The second-order valence-electron chi connectivity index (χ2n) is 7.55. The molecule has 0 fully saturated rings. The summed E-state index contributed by atoms with van der Waals surface area (Å²) in [4.78, 5) is 16.3. The fourth-order valence-corrected chi connectivity index (χ4v) is 5.84. The van der Waals surface area contributed by atoms with Gasteiger partial charge in [-0.2, -0.15) is 0 Å². The molecule has 0 saturated heterocycles. The van der Waals surface area contributed by atoms with Gasteiger partial charge >= 0.3 is 0 Å². The Morgan fingerprint density at radius 2 is 2.03 bits per heavy atom. The number of fused-ring (bicyclic) bond motifs is 1. The van der Waals surface area contributed by atoms with Crippen LogP contribution in [0.3, 0.4) is 0 Å². The quantitative estimate of drug-likeness (QED) is 0.337. The topological polar surface area (TPSA) is 60.2 Å². The van der Waals surface area contributed by atoms with Crippen molar-refractivity contribution in [1.82, 2.24) is 19.7 Å². The number of methoxy groups -OCH3 is 1. The number of nitrogens with zero attached hydrogens (tertiary/aromatic N) is 4. The SMILES string of the molecule is COc1ccc(-n2c(SCC(=O)N3CCc4sccc4C3)nnc2-c2ccccc2)cc1Cl. The van der Waals surface area contributed by atoms with Gasteiger partial charge in [-0.3, -0.25) is 9.36 Å². The summed E-state index contributed by atoms with van der Waals surface area (Å²) >= 11 is 9.57. The Labute approximate surface area is 205 Å². The molecule has 3 heterocycles. The number of benzene rings is 2. The third-order valence-corrected chi connectivity index (χ3v) is 7.78. The maximum absolute atomic E-state index is 13.0. The summed E-state index contributed by atoms with van der Waals surface area (Å²) in [6, 6.07) is 17.5.